The van der Waals surface area contributed by atoms with E-state index in [1.165, 1.54) is 11.8 Å². The van der Waals surface area contributed by atoms with Gasteiger partial charge in [-0.25, -0.2) is 0 Å². The minimum Gasteiger partial charge on any atom is -0.352 e. The van der Waals surface area contributed by atoms with Gasteiger partial charge in [-0.2, -0.15) is 0 Å². The van der Waals surface area contributed by atoms with E-state index in [4.69, 9.17) is 5.73 Å². The van der Waals surface area contributed by atoms with Crippen LogP contribution in [0.4, 0.5) is 0 Å². The number of hydrogen-bond donors (Lipinski definition) is 2. The second-order valence-corrected chi connectivity index (χ2v) is 5.67. The SMILES string of the molecule is C=CCNC(=O)C(C)Sc1nnc(CN)n1C(C)C. The van der Waals surface area contributed by atoms with E-state index in [-0.39, 0.29) is 17.2 Å². The van der Waals surface area contributed by atoms with Crippen molar-refractivity contribution < 1.29 is 4.79 Å². The maximum Gasteiger partial charge on any atom is 0.233 e. The molecule has 3 N–H and O–H groups in total. The Morgan fingerprint density at radius 2 is 2.21 bits per heavy atom. The summed E-state index contributed by atoms with van der Waals surface area (Å²) >= 11 is 1.38. The largest absolute Gasteiger partial charge is 0.352 e. The highest BCUT2D eigenvalue weighted by atomic mass is 32.2. The fourth-order valence-electron chi connectivity index (χ4n) is 1.57. The summed E-state index contributed by atoms with van der Waals surface area (Å²) in [5, 5.41) is 11.4. The molecule has 0 fully saturated rings. The topological polar surface area (TPSA) is 85.8 Å². The van der Waals surface area contributed by atoms with E-state index in [2.05, 4.69) is 22.1 Å². The summed E-state index contributed by atoms with van der Waals surface area (Å²) in [4.78, 5) is 11.8. The molecule has 0 radical (unpaired) electrons. The lowest BCUT2D eigenvalue weighted by Crippen LogP contribution is -2.31. The summed E-state index contributed by atoms with van der Waals surface area (Å²) in [6, 6.07) is 0.208. The Hall–Kier alpha value is -1.34. The fraction of sp³-hybridized carbons (Fsp3) is 0.583. The summed E-state index contributed by atoms with van der Waals surface area (Å²) in [5.74, 6) is 0.689. The molecule has 1 unspecified atom stereocenters. The molecule has 7 heteroatoms. The Morgan fingerprint density at radius 1 is 1.53 bits per heavy atom. The van der Waals surface area contributed by atoms with Crippen molar-refractivity contribution in [3.8, 4) is 0 Å². The maximum absolute atomic E-state index is 11.8. The van der Waals surface area contributed by atoms with E-state index in [1.807, 2.05) is 25.3 Å². The summed E-state index contributed by atoms with van der Waals surface area (Å²) in [5.41, 5.74) is 5.64. The zero-order chi connectivity index (χ0) is 14.4. The molecular weight excluding hydrogens is 262 g/mol. The molecule has 0 spiro atoms. The summed E-state index contributed by atoms with van der Waals surface area (Å²) in [7, 11) is 0. The molecule has 1 atom stereocenters. The summed E-state index contributed by atoms with van der Waals surface area (Å²) in [6.45, 7) is 10.3. The standard InChI is InChI=1S/C12H21N5OS/c1-5-6-14-11(18)9(4)19-12-16-15-10(7-13)17(12)8(2)3/h5,8-9H,1,6-7,13H2,2-4H3,(H,14,18). The molecule has 0 saturated carbocycles. The first-order valence-corrected chi connectivity index (χ1v) is 7.08. The van der Waals surface area contributed by atoms with Gasteiger partial charge in [0.25, 0.3) is 0 Å². The van der Waals surface area contributed by atoms with E-state index in [9.17, 15) is 4.79 Å². The van der Waals surface area contributed by atoms with Crippen LogP contribution in [0.5, 0.6) is 0 Å². The summed E-state index contributed by atoms with van der Waals surface area (Å²) < 4.78 is 1.96. The number of amides is 1. The number of carbonyl (C=O) groups excluding carboxylic acids is 1. The lowest BCUT2D eigenvalue weighted by Gasteiger charge is -2.15. The number of nitrogens with two attached hydrogens (primary N) is 1. The van der Waals surface area contributed by atoms with Gasteiger partial charge in [-0.1, -0.05) is 17.8 Å². The summed E-state index contributed by atoms with van der Waals surface area (Å²) in [6.07, 6.45) is 1.65. The van der Waals surface area contributed by atoms with E-state index in [0.717, 1.165) is 11.0 Å². The molecule has 6 nitrogen and oxygen atoms in total. The van der Waals surface area contributed by atoms with Crippen molar-refractivity contribution in [3.05, 3.63) is 18.5 Å². The first-order valence-electron chi connectivity index (χ1n) is 6.20. The number of carbonyl (C=O) groups is 1. The zero-order valence-corrected chi connectivity index (χ0v) is 12.4. The van der Waals surface area contributed by atoms with Crippen molar-refractivity contribution >= 4 is 17.7 Å². The smallest absolute Gasteiger partial charge is 0.233 e. The highest BCUT2D eigenvalue weighted by Gasteiger charge is 2.20. The number of rotatable bonds is 7. The third kappa shape index (κ3) is 4.07. The molecule has 0 aromatic carbocycles. The van der Waals surface area contributed by atoms with Crippen molar-refractivity contribution in [2.24, 2.45) is 5.73 Å². The number of nitrogens with one attached hydrogen (secondary N) is 1. The molecule has 0 aliphatic rings. The maximum atomic E-state index is 11.8. The van der Waals surface area contributed by atoms with Crippen LogP contribution in [0.3, 0.4) is 0 Å². The third-order valence-electron chi connectivity index (χ3n) is 2.51. The van der Waals surface area contributed by atoms with Gasteiger partial charge in [-0.05, 0) is 20.8 Å². The monoisotopic (exact) mass is 283 g/mol. The Kier molecular flexibility index (Phi) is 6.04. The Bertz CT molecular complexity index is 443. The molecule has 1 rings (SSSR count). The van der Waals surface area contributed by atoms with Gasteiger partial charge < -0.3 is 15.6 Å². The number of nitrogens with zero attached hydrogens (tertiary/aromatic N) is 3. The average Bonchev–Trinajstić information content (AvgIpc) is 2.78. The Labute approximate surface area is 117 Å². The lowest BCUT2D eigenvalue weighted by molar-refractivity contribution is -0.120. The first kappa shape index (κ1) is 15.7. The van der Waals surface area contributed by atoms with Gasteiger partial charge >= 0.3 is 0 Å². The normalized spacial score (nSPS) is 12.5. The van der Waals surface area contributed by atoms with Crippen LogP contribution < -0.4 is 11.1 Å². The molecule has 0 aliphatic carbocycles. The van der Waals surface area contributed by atoms with Crippen LogP contribution in [0.25, 0.3) is 0 Å². The average molecular weight is 283 g/mol. The molecule has 106 valence electrons. The van der Waals surface area contributed by atoms with Crippen LogP contribution in [-0.4, -0.2) is 32.5 Å². The molecule has 1 aromatic heterocycles. The molecule has 1 aromatic rings. The molecule has 0 bridgehead atoms. The van der Waals surface area contributed by atoms with Crippen LogP contribution in [0.1, 0.15) is 32.6 Å². The molecule has 19 heavy (non-hydrogen) atoms. The van der Waals surface area contributed by atoms with E-state index >= 15 is 0 Å². The highest BCUT2D eigenvalue weighted by molar-refractivity contribution is 8.00. The van der Waals surface area contributed by atoms with Gasteiger partial charge in [0.05, 0.1) is 11.8 Å². The van der Waals surface area contributed by atoms with E-state index < -0.39 is 0 Å². The minimum atomic E-state index is -0.243. The molecule has 1 heterocycles. The third-order valence-corrected chi connectivity index (χ3v) is 3.56. The quantitative estimate of drug-likeness (QED) is 0.578. The van der Waals surface area contributed by atoms with E-state index in [1.54, 1.807) is 6.08 Å². The van der Waals surface area contributed by atoms with Gasteiger partial charge in [0.1, 0.15) is 5.82 Å². The van der Waals surface area contributed by atoms with Crippen LogP contribution in [0, 0.1) is 0 Å². The molecule has 0 saturated heterocycles. The second kappa shape index (κ2) is 7.30. The van der Waals surface area contributed by atoms with Gasteiger partial charge in [-0.3, -0.25) is 4.79 Å². The number of hydrogen-bond acceptors (Lipinski definition) is 5. The first-order chi connectivity index (χ1) is 9.01. The van der Waals surface area contributed by atoms with Crippen molar-refractivity contribution in [2.75, 3.05) is 6.54 Å². The van der Waals surface area contributed by atoms with Gasteiger partial charge in [0.2, 0.25) is 5.91 Å². The number of aromatic nitrogens is 3. The van der Waals surface area contributed by atoms with Crippen LogP contribution in [0.15, 0.2) is 17.8 Å². The highest BCUT2D eigenvalue weighted by Crippen LogP contribution is 2.25. The zero-order valence-electron chi connectivity index (χ0n) is 11.6. The van der Waals surface area contributed by atoms with Gasteiger partial charge in [-0.15, -0.1) is 16.8 Å². The minimum absolute atomic E-state index is 0.0440. The van der Waals surface area contributed by atoms with Gasteiger partial charge in [0, 0.05) is 12.6 Å². The van der Waals surface area contributed by atoms with Gasteiger partial charge in [0.15, 0.2) is 5.16 Å². The van der Waals surface area contributed by atoms with Crippen LogP contribution in [-0.2, 0) is 11.3 Å². The van der Waals surface area contributed by atoms with Crippen molar-refractivity contribution in [3.63, 3.8) is 0 Å². The molecular formula is C12H21N5OS. The van der Waals surface area contributed by atoms with Crippen LogP contribution in [0.2, 0.25) is 0 Å². The Balaban J connectivity index is 2.79. The van der Waals surface area contributed by atoms with Crippen molar-refractivity contribution in [1.82, 2.24) is 20.1 Å². The second-order valence-electron chi connectivity index (χ2n) is 4.36. The fourth-order valence-corrected chi connectivity index (χ4v) is 2.60. The predicted octanol–water partition coefficient (Wildman–Crippen LogP) is 1.10. The van der Waals surface area contributed by atoms with Crippen LogP contribution >= 0.6 is 11.8 Å². The lowest BCUT2D eigenvalue weighted by atomic mass is 10.4. The van der Waals surface area contributed by atoms with E-state index in [0.29, 0.717) is 13.1 Å². The number of thioether (sulfide) groups is 1. The van der Waals surface area contributed by atoms with Crippen molar-refractivity contribution in [2.45, 2.75) is 43.8 Å². The molecule has 0 aliphatic heterocycles. The Morgan fingerprint density at radius 3 is 2.74 bits per heavy atom. The van der Waals surface area contributed by atoms with Crippen molar-refractivity contribution in [1.29, 1.82) is 0 Å². The molecule has 1 amide bonds. The predicted molar refractivity (Wildman–Crippen MR) is 76.8 cm³/mol.